The van der Waals surface area contributed by atoms with Crippen LogP contribution in [0, 0.1) is 58.2 Å². The maximum absolute atomic E-state index is 11.5. The van der Waals surface area contributed by atoms with Crippen molar-refractivity contribution in [1.82, 2.24) is 0 Å². The van der Waals surface area contributed by atoms with Gasteiger partial charge in [0.25, 0.3) is 0 Å². The molecule has 158 valence electrons. The Labute approximate surface area is 178 Å². The fourth-order valence-corrected chi connectivity index (χ4v) is 8.48. The molecule has 2 nitrogen and oxygen atoms in total. The molecule has 1 unspecified atom stereocenters. The molecule has 0 amide bonds. The van der Waals surface area contributed by atoms with Crippen LogP contribution >= 0.6 is 12.4 Å². The second-order valence-electron chi connectivity index (χ2n) is 10.7. The van der Waals surface area contributed by atoms with Gasteiger partial charge in [-0.25, -0.2) is 4.79 Å². The highest BCUT2D eigenvalue weighted by molar-refractivity contribution is 5.88. The Morgan fingerprint density at radius 2 is 1.71 bits per heavy atom. The summed E-state index contributed by atoms with van der Waals surface area (Å²) in [7, 11) is 1.41. The van der Waals surface area contributed by atoms with Gasteiger partial charge in [-0.3, -0.25) is 0 Å². The van der Waals surface area contributed by atoms with Crippen LogP contribution in [0.1, 0.15) is 85.0 Å². The molecule has 0 aromatic carbocycles. The van der Waals surface area contributed by atoms with Crippen LogP contribution in [0.15, 0.2) is 0 Å². The van der Waals surface area contributed by atoms with Crippen LogP contribution in [0.25, 0.3) is 0 Å². The van der Waals surface area contributed by atoms with Crippen molar-refractivity contribution in [2.45, 2.75) is 85.0 Å². The molecule has 0 aromatic heterocycles. The Kier molecular flexibility index (Phi) is 6.46. The lowest BCUT2D eigenvalue weighted by Crippen LogP contribution is -2.53. The van der Waals surface area contributed by atoms with Crippen molar-refractivity contribution in [3.63, 3.8) is 0 Å². The van der Waals surface area contributed by atoms with Crippen molar-refractivity contribution < 1.29 is 9.53 Å². The van der Waals surface area contributed by atoms with Crippen molar-refractivity contribution in [2.75, 3.05) is 7.11 Å². The average Bonchev–Trinajstić information content (AvgIpc) is 3.02. The topological polar surface area (TPSA) is 26.3 Å². The van der Waals surface area contributed by atoms with Gasteiger partial charge < -0.3 is 4.74 Å². The minimum atomic E-state index is -0.395. The molecule has 0 N–H and O–H groups in total. The largest absolute Gasteiger partial charge is 0.459 e. The lowest BCUT2D eigenvalue weighted by Gasteiger charge is -2.60. The highest BCUT2D eigenvalue weighted by Crippen LogP contribution is 2.68. The summed E-state index contributed by atoms with van der Waals surface area (Å²) in [4.78, 5) is 11.5. The normalized spacial score (nSPS) is 45.2. The first-order valence-electron chi connectivity index (χ1n) is 11.5. The van der Waals surface area contributed by atoms with Gasteiger partial charge in [-0.05, 0) is 91.8 Å². The van der Waals surface area contributed by atoms with Crippen molar-refractivity contribution in [1.29, 1.82) is 0 Å². The van der Waals surface area contributed by atoms with E-state index in [1.54, 1.807) is 0 Å². The van der Waals surface area contributed by atoms with Crippen LogP contribution in [-0.2, 0) is 9.53 Å². The minimum Gasteiger partial charge on any atom is -0.459 e. The summed E-state index contributed by atoms with van der Waals surface area (Å²) in [5, 5.41) is 0. The number of esters is 1. The van der Waals surface area contributed by atoms with Crippen LogP contribution in [0.3, 0.4) is 0 Å². The van der Waals surface area contributed by atoms with Gasteiger partial charge >= 0.3 is 5.97 Å². The number of fused-ring (bicyclic) bond motifs is 5. The highest BCUT2D eigenvalue weighted by Gasteiger charge is 2.60. The maximum Gasteiger partial charge on any atom is 0.384 e. The monoisotopic (exact) mass is 406 g/mol. The van der Waals surface area contributed by atoms with Crippen molar-refractivity contribution in [3.05, 3.63) is 0 Å². The van der Waals surface area contributed by atoms with E-state index in [-0.39, 0.29) is 18.3 Å². The van der Waals surface area contributed by atoms with Crippen molar-refractivity contribution >= 4 is 18.4 Å². The predicted molar refractivity (Wildman–Crippen MR) is 116 cm³/mol. The van der Waals surface area contributed by atoms with E-state index in [4.69, 9.17) is 4.74 Å². The molecule has 28 heavy (non-hydrogen) atoms. The number of ether oxygens (including phenoxy) is 1. The van der Waals surface area contributed by atoms with E-state index in [0.29, 0.717) is 16.7 Å². The molecule has 3 heteroatoms. The third-order valence-corrected chi connectivity index (χ3v) is 9.85. The first kappa shape index (κ1) is 22.0. The zero-order chi connectivity index (χ0) is 19.2. The minimum absolute atomic E-state index is 0. The van der Waals surface area contributed by atoms with E-state index >= 15 is 0 Å². The molecule has 4 saturated carbocycles. The van der Waals surface area contributed by atoms with Gasteiger partial charge in [0.15, 0.2) is 0 Å². The van der Waals surface area contributed by atoms with Gasteiger partial charge in [0, 0.05) is 11.8 Å². The van der Waals surface area contributed by atoms with Crippen molar-refractivity contribution in [2.24, 2.45) is 46.3 Å². The standard InChI is InChI=1S/C25H38O2.ClH/c1-17(8-13-23(26)27-4)20-11-12-21-19-10-9-18-7-5-6-15-24(18,2)22(19)14-16-25(20,21)3;/h17-22H,5-7,9-12,14-16H2,1-4H3;1H/t17-,18?,19+,20-,21+,22+,24+,25-;/m1./s1. The Morgan fingerprint density at radius 1 is 0.964 bits per heavy atom. The van der Waals surface area contributed by atoms with Crippen LogP contribution < -0.4 is 0 Å². The third kappa shape index (κ3) is 3.40. The number of rotatable bonds is 1. The molecule has 0 spiro atoms. The third-order valence-electron chi connectivity index (χ3n) is 9.85. The van der Waals surface area contributed by atoms with E-state index in [1.165, 1.54) is 71.3 Å². The van der Waals surface area contributed by atoms with Gasteiger partial charge in [0.2, 0.25) is 0 Å². The van der Waals surface area contributed by atoms with Crippen molar-refractivity contribution in [3.8, 4) is 11.8 Å². The second-order valence-corrected chi connectivity index (χ2v) is 10.7. The Hall–Kier alpha value is -0.680. The lowest BCUT2D eigenvalue weighted by molar-refractivity contribution is -0.133. The van der Waals surface area contributed by atoms with E-state index in [9.17, 15) is 4.79 Å². The summed E-state index contributed by atoms with van der Waals surface area (Å²) in [6.07, 6.45) is 14.3. The maximum atomic E-state index is 11.5. The lowest BCUT2D eigenvalue weighted by atomic mass is 9.44. The van der Waals surface area contributed by atoms with E-state index in [2.05, 4.69) is 32.6 Å². The van der Waals surface area contributed by atoms with Gasteiger partial charge in [0.1, 0.15) is 0 Å². The first-order valence-corrected chi connectivity index (χ1v) is 11.5. The zero-order valence-electron chi connectivity index (χ0n) is 18.3. The van der Waals surface area contributed by atoms with Gasteiger partial charge in [-0.1, -0.05) is 39.5 Å². The molecule has 4 aliphatic carbocycles. The molecular formula is C25H39ClO2. The second kappa shape index (κ2) is 8.22. The molecule has 4 rings (SSSR count). The average molecular weight is 407 g/mol. The predicted octanol–water partition coefficient (Wildman–Crippen LogP) is 6.27. The summed E-state index contributed by atoms with van der Waals surface area (Å²) in [6.45, 7) is 7.46. The number of carbonyl (C=O) groups is 1. The highest BCUT2D eigenvalue weighted by atomic mass is 35.5. The van der Waals surface area contributed by atoms with Crippen LogP contribution in [0.2, 0.25) is 0 Å². The van der Waals surface area contributed by atoms with Crippen LogP contribution in [0.4, 0.5) is 0 Å². The SMILES string of the molecule is COC(=O)C#C[C@@H](C)[C@H]1CC[C@H]2[C@@H]3CCC4CCCC[C@]4(C)[C@H]3CC[C@]12C.Cl. The van der Waals surface area contributed by atoms with Gasteiger partial charge in [-0.15, -0.1) is 12.4 Å². The van der Waals surface area contributed by atoms with E-state index in [0.717, 1.165) is 23.7 Å². The summed E-state index contributed by atoms with van der Waals surface area (Å²) in [5.74, 6) is 10.3. The zero-order valence-corrected chi connectivity index (χ0v) is 19.1. The Balaban J connectivity index is 0.00000225. The number of carbonyl (C=O) groups excluding carboxylic acids is 1. The Morgan fingerprint density at radius 3 is 2.46 bits per heavy atom. The number of halogens is 1. The molecule has 0 radical (unpaired) electrons. The summed E-state index contributed by atoms with van der Waals surface area (Å²) >= 11 is 0. The first-order chi connectivity index (χ1) is 12.9. The van der Waals surface area contributed by atoms with E-state index in [1.807, 2.05) is 0 Å². The quantitative estimate of drug-likeness (QED) is 0.291. The molecule has 0 aromatic rings. The molecule has 0 bridgehead atoms. The number of methoxy groups -OCH3 is 1. The number of hydrogen-bond donors (Lipinski definition) is 0. The van der Waals surface area contributed by atoms with Gasteiger partial charge in [0.05, 0.1) is 7.11 Å². The molecular weight excluding hydrogens is 368 g/mol. The molecule has 0 heterocycles. The van der Waals surface area contributed by atoms with E-state index < -0.39 is 5.97 Å². The summed E-state index contributed by atoms with van der Waals surface area (Å²) in [5.41, 5.74) is 1.04. The molecule has 4 fully saturated rings. The fraction of sp³-hybridized carbons (Fsp3) is 0.880. The van der Waals surface area contributed by atoms with Gasteiger partial charge in [-0.2, -0.15) is 0 Å². The van der Waals surface area contributed by atoms with Crippen LogP contribution in [0.5, 0.6) is 0 Å². The smallest absolute Gasteiger partial charge is 0.384 e. The summed E-state index contributed by atoms with van der Waals surface area (Å²) < 4.78 is 4.71. The molecule has 8 atom stereocenters. The molecule has 0 saturated heterocycles. The molecule has 4 aliphatic rings. The fourth-order valence-electron chi connectivity index (χ4n) is 8.48. The van der Waals surface area contributed by atoms with Crippen LogP contribution in [-0.4, -0.2) is 13.1 Å². The Bertz CT molecular complexity index is 649. The number of hydrogen-bond acceptors (Lipinski definition) is 2. The molecule has 0 aliphatic heterocycles. The summed E-state index contributed by atoms with van der Waals surface area (Å²) in [6, 6.07) is 0.